The first-order chi connectivity index (χ1) is 11.3. The second kappa shape index (κ2) is 7.37. The van der Waals surface area contributed by atoms with Gasteiger partial charge < -0.3 is 19.3 Å². The molecule has 0 radical (unpaired) electrons. The normalized spacial score (nSPS) is 11.2. The van der Waals surface area contributed by atoms with Crippen molar-refractivity contribution in [2.24, 2.45) is 0 Å². The minimum Gasteiger partial charge on any atom is -0.493 e. The van der Waals surface area contributed by atoms with Crippen LogP contribution < -0.4 is 14.8 Å². The van der Waals surface area contributed by atoms with Gasteiger partial charge in [-0.25, -0.2) is 0 Å². The molecule has 0 unspecified atom stereocenters. The maximum absolute atomic E-state index is 12.4. The smallest absolute Gasteiger partial charge is 0.252 e. The topological polar surface area (TPSA) is 86.5 Å². The highest BCUT2D eigenvalue weighted by molar-refractivity contribution is 14.1. The lowest BCUT2D eigenvalue weighted by Gasteiger charge is -2.11. The van der Waals surface area contributed by atoms with E-state index in [9.17, 15) is 4.79 Å². The van der Waals surface area contributed by atoms with Crippen molar-refractivity contribution in [1.82, 2.24) is 15.5 Å². The predicted octanol–water partition coefficient (Wildman–Crippen LogP) is 2.92. The molecule has 0 aliphatic carbocycles. The van der Waals surface area contributed by atoms with Crippen LogP contribution >= 0.6 is 22.6 Å². The summed E-state index contributed by atoms with van der Waals surface area (Å²) in [5.41, 5.74) is 0.265. The van der Waals surface area contributed by atoms with E-state index < -0.39 is 0 Å². The molecule has 0 aliphatic heterocycles. The van der Waals surface area contributed by atoms with E-state index in [1.54, 1.807) is 19.2 Å². The Hall–Kier alpha value is -1.84. The number of carbonyl (C=O) groups excluding carboxylic acids is 1. The van der Waals surface area contributed by atoms with E-state index in [2.05, 4.69) is 38.0 Å². The number of hydrogen-bond donors (Lipinski definition) is 1. The van der Waals surface area contributed by atoms with E-state index in [1.165, 1.54) is 7.11 Å². The van der Waals surface area contributed by atoms with Crippen LogP contribution in [-0.2, 0) is 12.0 Å². The number of carbonyl (C=O) groups is 1. The van der Waals surface area contributed by atoms with E-state index in [-0.39, 0.29) is 17.9 Å². The Morgan fingerprint density at radius 2 is 1.88 bits per heavy atom. The predicted molar refractivity (Wildman–Crippen MR) is 96.4 cm³/mol. The van der Waals surface area contributed by atoms with Gasteiger partial charge in [0.05, 0.1) is 26.3 Å². The molecule has 0 saturated carbocycles. The van der Waals surface area contributed by atoms with Crippen LogP contribution in [0.1, 0.15) is 42.8 Å². The number of hydrogen-bond acceptors (Lipinski definition) is 6. The lowest BCUT2D eigenvalue weighted by atomic mass is 9.97. The molecule has 8 heteroatoms. The number of methoxy groups -OCH3 is 2. The summed E-state index contributed by atoms with van der Waals surface area (Å²) in [6, 6.07) is 3.40. The minimum absolute atomic E-state index is 0.183. The number of aromatic nitrogens is 2. The number of ether oxygens (including phenoxy) is 2. The highest BCUT2D eigenvalue weighted by Crippen LogP contribution is 2.31. The number of nitrogens with one attached hydrogen (secondary N) is 1. The van der Waals surface area contributed by atoms with E-state index >= 15 is 0 Å². The van der Waals surface area contributed by atoms with Crippen molar-refractivity contribution in [2.75, 3.05) is 14.2 Å². The van der Waals surface area contributed by atoms with Crippen LogP contribution in [0, 0.1) is 3.57 Å². The van der Waals surface area contributed by atoms with Gasteiger partial charge in [-0.15, -0.1) is 0 Å². The maximum Gasteiger partial charge on any atom is 0.252 e. The summed E-state index contributed by atoms with van der Waals surface area (Å²) in [5.74, 6) is 1.79. The number of benzene rings is 1. The summed E-state index contributed by atoms with van der Waals surface area (Å²) >= 11 is 2.08. The van der Waals surface area contributed by atoms with Crippen LogP contribution in [0.25, 0.3) is 0 Å². The van der Waals surface area contributed by atoms with Crippen LogP contribution in [0.2, 0.25) is 0 Å². The molecule has 0 fully saturated rings. The monoisotopic (exact) mass is 445 g/mol. The number of amides is 1. The lowest BCUT2D eigenvalue weighted by molar-refractivity contribution is 0.0948. The summed E-state index contributed by atoms with van der Waals surface area (Å²) in [5, 5.41) is 6.67. The van der Waals surface area contributed by atoms with Crippen LogP contribution in [0.5, 0.6) is 11.5 Å². The molecule has 0 saturated heterocycles. The minimum atomic E-state index is -0.248. The zero-order valence-electron chi connectivity index (χ0n) is 14.3. The summed E-state index contributed by atoms with van der Waals surface area (Å²) in [7, 11) is 3.08. The van der Waals surface area contributed by atoms with Crippen molar-refractivity contribution in [3.8, 4) is 11.5 Å². The van der Waals surface area contributed by atoms with Gasteiger partial charge >= 0.3 is 0 Å². The summed E-state index contributed by atoms with van der Waals surface area (Å²) in [4.78, 5) is 16.7. The second-order valence-electron chi connectivity index (χ2n) is 6.14. The number of rotatable bonds is 5. The van der Waals surface area contributed by atoms with Gasteiger partial charge in [-0.3, -0.25) is 4.79 Å². The van der Waals surface area contributed by atoms with Gasteiger partial charge in [0.1, 0.15) is 0 Å². The molecule has 1 aromatic carbocycles. The molecule has 0 bridgehead atoms. The average Bonchev–Trinajstić information content (AvgIpc) is 3.01. The molecule has 1 N–H and O–H groups in total. The van der Waals surface area contributed by atoms with Crippen molar-refractivity contribution >= 4 is 28.5 Å². The van der Waals surface area contributed by atoms with Gasteiger partial charge in [0.15, 0.2) is 17.3 Å². The average molecular weight is 445 g/mol. The highest BCUT2D eigenvalue weighted by Gasteiger charge is 2.22. The first-order valence-electron chi connectivity index (χ1n) is 7.29. The zero-order chi connectivity index (χ0) is 17.9. The van der Waals surface area contributed by atoms with Gasteiger partial charge in [-0.1, -0.05) is 25.9 Å². The number of halogens is 1. The van der Waals surface area contributed by atoms with Gasteiger partial charge in [0.2, 0.25) is 5.89 Å². The molecule has 130 valence electrons. The lowest BCUT2D eigenvalue weighted by Crippen LogP contribution is -2.24. The van der Waals surface area contributed by atoms with Crippen LogP contribution in [0.4, 0.5) is 0 Å². The Balaban J connectivity index is 2.11. The third kappa shape index (κ3) is 4.16. The van der Waals surface area contributed by atoms with Gasteiger partial charge in [-0.05, 0) is 34.7 Å². The molecule has 0 aliphatic rings. The maximum atomic E-state index is 12.4. The highest BCUT2D eigenvalue weighted by atomic mass is 127. The third-order valence-corrected chi connectivity index (χ3v) is 4.13. The van der Waals surface area contributed by atoms with Gasteiger partial charge in [0.25, 0.3) is 5.91 Å². The fourth-order valence-corrected chi connectivity index (χ4v) is 2.60. The summed E-state index contributed by atoms with van der Waals surface area (Å²) < 4.78 is 16.4. The molecule has 1 heterocycles. The van der Waals surface area contributed by atoms with Crippen molar-refractivity contribution in [1.29, 1.82) is 0 Å². The van der Waals surface area contributed by atoms with E-state index in [0.29, 0.717) is 28.8 Å². The van der Waals surface area contributed by atoms with Crippen molar-refractivity contribution in [3.05, 3.63) is 33.0 Å². The molecule has 2 rings (SSSR count). The Labute approximate surface area is 154 Å². The standard InChI is InChI=1S/C16H20IN3O4/c1-16(2,3)15-19-13(20-24-15)8-18-14(21)9-6-11(22-4)12(23-5)7-10(9)17/h6-7H,8H2,1-5H3,(H,18,21). The second-order valence-corrected chi connectivity index (χ2v) is 7.30. The van der Waals surface area contributed by atoms with Crippen molar-refractivity contribution < 1.29 is 18.8 Å². The molecule has 7 nitrogen and oxygen atoms in total. The Morgan fingerprint density at radius 1 is 1.25 bits per heavy atom. The van der Waals surface area contributed by atoms with E-state index in [4.69, 9.17) is 14.0 Å². The molecule has 0 atom stereocenters. The van der Waals surface area contributed by atoms with Crippen molar-refractivity contribution in [2.45, 2.75) is 32.7 Å². The number of nitrogens with zero attached hydrogens (tertiary/aromatic N) is 2. The Bertz CT molecular complexity index is 737. The first-order valence-corrected chi connectivity index (χ1v) is 8.37. The molecular formula is C16H20IN3O4. The van der Waals surface area contributed by atoms with E-state index in [0.717, 1.165) is 3.57 Å². The first kappa shape index (κ1) is 18.5. The SMILES string of the molecule is COc1cc(I)c(C(=O)NCc2noc(C(C)(C)C)n2)cc1OC. The van der Waals surface area contributed by atoms with Crippen molar-refractivity contribution in [3.63, 3.8) is 0 Å². The molecule has 2 aromatic rings. The molecule has 0 spiro atoms. The van der Waals surface area contributed by atoms with Crippen LogP contribution in [0.3, 0.4) is 0 Å². The summed E-state index contributed by atoms with van der Waals surface area (Å²) in [6.07, 6.45) is 0. The van der Waals surface area contributed by atoms with Crippen LogP contribution in [-0.4, -0.2) is 30.3 Å². The summed E-state index contributed by atoms with van der Waals surface area (Å²) in [6.45, 7) is 6.13. The Kier molecular flexibility index (Phi) is 5.68. The Morgan fingerprint density at radius 3 is 2.42 bits per heavy atom. The largest absolute Gasteiger partial charge is 0.493 e. The van der Waals surface area contributed by atoms with Gasteiger partial charge in [0, 0.05) is 8.99 Å². The van der Waals surface area contributed by atoms with Crippen LogP contribution in [0.15, 0.2) is 16.7 Å². The molecule has 1 aromatic heterocycles. The molecule has 24 heavy (non-hydrogen) atoms. The van der Waals surface area contributed by atoms with E-state index in [1.807, 2.05) is 20.8 Å². The zero-order valence-corrected chi connectivity index (χ0v) is 16.4. The fraction of sp³-hybridized carbons (Fsp3) is 0.438. The molecular weight excluding hydrogens is 425 g/mol. The fourth-order valence-electron chi connectivity index (χ4n) is 1.91. The molecule has 1 amide bonds. The quantitative estimate of drug-likeness (QED) is 0.713. The third-order valence-electron chi connectivity index (χ3n) is 3.23. The van der Waals surface area contributed by atoms with Gasteiger partial charge in [-0.2, -0.15) is 4.98 Å².